The van der Waals surface area contributed by atoms with Crippen molar-refractivity contribution in [2.75, 3.05) is 18.8 Å². The molecule has 0 unspecified atom stereocenters. The fourth-order valence-corrected chi connectivity index (χ4v) is 4.22. The normalized spacial score (nSPS) is 16.7. The third-order valence-electron chi connectivity index (χ3n) is 4.96. The number of hydrogen-bond donors (Lipinski definition) is 1. The van der Waals surface area contributed by atoms with Gasteiger partial charge < -0.3 is 15.0 Å². The maximum Gasteiger partial charge on any atom is 0.256 e. The largest absolute Gasteiger partial charge is 0.489 e. The minimum atomic E-state index is -3.40. The van der Waals surface area contributed by atoms with Crippen molar-refractivity contribution in [1.29, 1.82) is 0 Å². The number of amidine groups is 1. The van der Waals surface area contributed by atoms with Crippen LogP contribution in [0, 0.1) is 0 Å². The Hall–Kier alpha value is -3.39. The summed E-state index contributed by atoms with van der Waals surface area (Å²) < 4.78 is 32.6. The molecule has 0 saturated heterocycles. The smallest absolute Gasteiger partial charge is 0.256 e. The van der Waals surface area contributed by atoms with Crippen molar-refractivity contribution in [1.82, 2.24) is 10.2 Å². The number of rotatable bonds is 7. The molecule has 31 heavy (non-hydrogen) atoms. The van der Waals surface area contributed by atoms with E-state index in [1.165, 1.54) is 0 Å². The van der Waals surface area contributed by atoms with Gasteiger partial charge in [0.1, 0.15) is 18.2 Å². The molecule has 0 fully saturated rings. The predicted molar refractivity (Wildman–Crippen MR) is 119 cm³/mol. The molecule has 0 radical (unpaired) electrons. The van der Waals surface area contributed by atoms with Crippen LogP contribution in [0.3, 0.4) is 0 Å². The molecule has 2 aliphatic rings. The Balaban J connectivity index is 1.24. The zero-order chi connectivity index (χ0) is 21.7. The van der Waals surface area contributed by atoms with E-state index in [4.69, 9.17) is 4.74 Å². The van der Waals surface area contributed by atoms with E-state index in [0.29, 0.717) is 37.5 Å². The van der Waals surface area contributed by atoms with Crippen LogP contribution in [0.15, 0.2) is 82.9 Å². The molecule has 160 valence electrons. The van der Waals surface area contributed by atoms with Crippen LogP contribution < -0.4 is 10.1 Å². The number of benzene rings is 2. The highest BCUT2D eigenvalue weighted by Gasteiger charge is 2.24. The van der Waals surface area contributed by atoms with Crippen LogP contribution >= 0.6 is 0 Å². The summed E-state index contributed by atoms with van der Waals surface area (Å²) in [5, 5.41) is 2.90. The van der Waals surface area contributed by atoms with Crippen molar-refractivity contribution in [2.24, 2.45) is 4.40 Å². The number of sulfonamides is 1. The van der Waals surface area contributed by atoms with Crippen molar-refractivity contribution in [3.63, 3.8) is 0 Å². The second-order valence-corrected chi connectivity index (χ2v) is 9.03. The first-order chi connectivity index (χ1) is 15.0. The molecule has 7 nitrogen and oxygen atoms in total. The summed E-state index contributed by atoms with van der Waals surface area (Å²) in [6.45, 7) is 1.30. The highest BCUT2D eigenvalue weighted by atomic mass is 32.2. The minimum absolute atomic E-state index is 0.0548. The Kier molecular flexibility index (Phi) is 6.18. The third-order valence-corrected chi connectivity index (χ3v) is 6.12. The standard InChI is InChI=1S/C23H23N3O4S/c27-23(20-8-11-22-25-31(28,29)15-14-26(22)16-20)24-13-12-18-6-9-21(10-7-18)30-17-19-4-2-1-3-5-19/h1-11,16H,12-15,17H2,(H,24,27). The molecule has 8 heteroatoms. The van der Waals surface area contributed by atoms with Gasteiger partial charge in [-0.1, -0.05) is 42.5 Å². The number of carbonyl (C=O) groups is 1. The molecule has 0 spiro atoms. The summed E-state index contributed by atoms with van der Waals surface area (Å²) in [5.74, 6) is 0.889. The molecule has 4 rings (SSSR count). The Morgan fingerprint density at radius 1 is 1.03 bits per heavy atom. The first kappa shape index (κ1) is 20.9. The number of ether oxygens (including phenoxy) is 1. The summed E-state index contributed by atoms with van der Waals surface area (Å²) in [6, 6.07) is 17.8. The number of hydrogen-bond acceptors (Lipinski definition) is 5. The first-order valence-corrected chi connectivity index (χ1v) is 11.6. The molecule has 0 aromatic heterocycles. The lowest BCUT2D eigenvalue weighted by Gasteiger charge is -2.26. The quantitative estimate of drug-likeness (QED) is 0.719. The minimum Gasteiger partial charge on any atom is -0.489 e. The van der Waals surface area contributed by atoms with Crippen molar-refractivity contribution < 1.29 is 17.9 Å². The van der Waals surface area contributed by atoms with Crippen LogP contribution in [0.2, 0.25) is 0 Å². The average Bonchev–Trinajstić information content (AvgIpc) is 2.78. The zero-order valence-electron chi connectivity index (χ0n) is 16.9. The van der Waals surface area contributed by atoms with E-state index in [9.17, 15) is 13.2 Å². The van der Waals surface area contributed by atoms with Crippen LogP contribution in [-0.2, 0) is 27.8 Å². The SMILES string of the molecule is O=C(NCCc1ccc(OCc2ccccc2)cc1)C1=CN2CCS(=O)(=O)N=C2C=C1. The topological polar surface area (TPSA) is 88.1 Å². The van der Waals surface area contributed by atoms with Gasteiger partial charge >= 0.3 is 0 Å². The Morgan fingerprint density at radius 3 is 2.58 bits per heavy atom. The van der Waals surface area contributed by atoms with Crippen LogP contribution in [0.1, 0.15) is 11.1 Å². The van der Waals surface area contributed by atoms with E-state index in [0.717, 1.165) is 16.9 Å². The van der Waals surface area contributed by atoms with E-state index in [-0.39, 0.29) is 11.7 Å². The van der Waals surface area contributed by atoms with E-state index < -0.39 is 10.0 Å². The van der Waals surface area contributed by atoms with Gasteiger partial charge in [-0.3, -0.25) is 4.79 Å². The van der Waals surface area contributed by atoms with Gasteiger partial charge in [-0.2, -0.15) is 0 Å². The lowest BCUT2D eigenvalue weighted by atomic mass is 10.1. The summed E-state index contributed by atoms with van der Waals surface area (Å²) in [5.41, 5.74) is 2.68. The maximum atomic E-state index is 12.4. The van der Waals surface area contributed by atoms with Gasteiger partial charge in [-0.15, -0.1) is 4.40 Å². The Labute approximate surface area is 181 Å². The molecular formula is C23H23N3O4S. The van der Waals surface area contributed by atoms with Crippen LogP contribution in [-0.4, -0.2) is 43.9 Å². The molecule has 2 aromatic rings. The Morgan fingerprint density at radius 2 is 1.81 bits per heavy atom. The Bertz CT molecular complexity index is 1140. The molecule has 2 aliphatic heterocycles. The number of nitrogens with one attached hydrogen (secondary N) is 1. The molecule has 0 saturated carbocycles. The number of nitrogens with zero attached hydrogens (tertiary/aromatic N) is 2. The van der Waals surface area contributed by atoms with Gasteiger partial charge in [0.05, 0.1) is 11.3 Å². The van der Waals surface area contributed by atoms with Crippen molar-refractivity contribution >= 4 is 21.8 Å². The van der Waals surface area contributed by atoms with Crippen LogP contribution in [0.5, 0.6) is 5.75 Å². The van der Waals surface area contributed by atoms with Crippen LogP contribution in [0.4, 0.5) is 0 Å². The molecule has 0 aliphatic carbocycles. The van der Waals surface area contributed by atoms with Gasteiger partial charge in [-0.05, 0) is 41.8 Å². The second kappa shape index (κ2) is 9.18. The molecule has 2 heterocycles. The van der Waals surface area contributed by atoms with Gasteiger partial charge in [0.15, 0.2) is 0 Å². The zero-order valence-corrected chi connectivity index (χ0v) is 17.7. The summed E-state index contributed by atoms with van der Waals surface area (Å²) in [6.07, 6.45) is 5.47. The van der Waals surface area contributed by atoms with Crippen molar-refractivity contribution in [3.05, 3.63) is 89.6 Å². The van der Waals surface area contributed by atoms with E-state index in [2.05, 4.69) is 9.71 Å². The van der Waals surface area contributed by atoms with Crippen molar-refractivity contribution in [2.45, 2.75) is 13.0 Å². The number of amides is 1. The fraction of sp³-hybridized carbons (Fsp3) is 0.217. The van der Waals surface area contributed by atoms with Gasteiger partial charge in [0, 0.05) is 19.3 Å². The molecule has 0 bridgehead atoms. The van der Waals surface area contributed by atoms with Gasteiger partial charge in [0.2, 0.25) is 0 Å². The average molecular weight is 438 g/mol. The lowest BCUT2D eigenvalue weighted by Crippen LogP contribution is -2.38. The second-order valence-electron chi connectivity index (χ2n) is 7.27. The number of fused-ring (bicyclic) bond motifs is 1. The third kappa shape index (κ3) is 5.61. The van der Waals surface area contributed by atoms with E-state index in [1.54, 1.807) is 23.3 Å². The van der Waals surface area contributed by atoms with Crippen molar-refractivity contribution in [3.8, 4) is 5.75 Å². The monoisotopic (exact) mass is 437 g/mol. The lowest BCUT2D eigenvalue weighted by molar-refractivity contribution is -0.117. The van der Waals surface area contributed by atoms with Gasteiger partial charge in [-0.25, -0.2) is 8.42 Å². The first-order valence-electron chi connectivity index (χ1n) is 10.0. The molecule has 1 N–H and O–H groups in total. The summed E-state index contributed by atoms with van der Waals surface area (Å²) in [7, 11) is -3.40. The molecule has 2 aromatic carbocycles. The number of carbonyl (C=O) groups excluding carboxylic acids is 1. The molecule has 1 amide bonds. The predicted octanol–water partition coefficient (Wildman–Crippen LogP) is 2.42. The van der Waals surface area contributed by atoms with E-state index in [1.807, 2.05) is 54.6 Å². The highest BCUT2D eigenvalue weighted by molar-refractivity contribution is 7.90. The maximum absolute atomic E-state index is 12.4. The van der Waals surface area contributed by atoms with Gasteiger partial charge in [0.25, 0.3) is 15.9 Å². The van der Waals surface area contributed by atoms with E-state index >= 15 is 0 Å². The summed E-state index contributed by atoms with van der Waals surface area (Å²) >= 11 is 0. The fourth-order valence-electron chi connectivity index (χ4n) is 3.25. The van der Waals surface area contributed by atoms with Crippen LogP contribution in [0.25, 0.3) is 0 Å². The molecule has 0 atom stereocenters. The summed E-state index contributed by atoms with van der Waals surface area (Å²) in [4.78, 5) is 14.1. The highest BCUT2D eigenvalue weighted by Crippen LogP contribution is 2.16. The molecular weight excluding hydrogens is 414 g/mol.